The summed E-state index contributed by atoms with van der Waals surface area (Å²) in [5.74, 6) is 0. The third-order valence-electron chi connectivity index (χ3n) is 4.36. The van der Waals surface area contributed by atoms with Crippen LogP contribution >= 0.6 is 0 Å². The van der Waals surface area contributed by atoms with E-state index in [0.717, 1.165) is 25.6 Å². The monoisotopic (exact) mass is 283 g/mol. The smallest absolute Gasteiger partial charge is 0.317 e. The normalized spacial score (nSPS) is 25.1. The number of aliphatic hydroxyl groups is 1. The van der Waals surface area contributed by atoms with Crippen molar-refractivity contribution < 1.29 is 9.90 Å². The maximum Gasteiger partial charge on any atom is 0.317 e. The van der Waals surface area contributed by atoms with Crippen LogP contribution in [0.5, 0.6) is 0 Å². The standard InChI is InChI=1S/C15H29N3O2/c1-15(2,20)11-17(3)14(19)16-12-8-9-18(10-12)13-6-4-5-7-13/h12-13,20H,4-11H2,1-3H3,(H,16,19). The van der Waals surface area contributed by atoms with Crippen LogP contribution in [0, 0.1) is 0 Å². The fraction of sp³-hybridized carbons (Fsp3) is 0.933. The molecule has 0 bridgehead atoms. The topological polar surface area (TPSA) is 55.8 Å². The maximum atomic E-state index is 12.1. The average Bonchev–Trinajstić information content (AvgIpc) is 2.95. The molecule has 0 radical (unpaired) electrons. The molecule has 1 saturated carbocycles. The molecule has 2 rings (SSSR count). The van der Waals surface area contributed by atoms with Crippen LogP contribution in [0.15, 0.2) is 0 Å². The van der Waals surface area contributed by atoms with Crippen LogP contribution in [0.2, 0.25) is 0 Å². The van der Waals surface area contributed by atoms with Crippen molar-refractivity contribution in [2.24, 2.45) is 0 Å². The molecule has 1 aliphatic heterocycles. The van der Waals surface area contributed by atoms with Gasteiger partial charge in [0.1, 0.15) is 0 Å². The first-order valence-corrected chi connectivity index (χ1v) is 7.83. The SMILES string of the molecule is CN(CC(C)(C)O)C(=O)NC1CCN(C2CCCC2)C1. The molecule has 1 unspecified atom stereocenters. The minimum absolute atomic E-state index is 0.0783. The molecule has 0 aromatic carbocycles. The third-order valence-corrected chi connectivity index (χ3v) is 4.36. The van der Waals surface area contributed by atoms with Gasteiger partial charge in [-0.15, -0.1) is 0 Å². The molecule has 1 aliphatic carbocycles. The summed E-state index contributed by atoms with van der Waals surface area (Å²) in [6, 6.07) is 0.920. The molecule has 2 aliphatic rings. The average molecular weight is 283 g/mol. The lowest BCUT2D eigenvalue weighted by Gasteiger charge is -2.27. The van der Waals surface area contributed by atoms with E-state index in [1.54, 1.807) is 25.8 Å². The van der Waals surface area contributed by atoms with Crippen molar-refractivity contribution in [2.45, 2.75) is 63.6 Å². The van der Waals surface area contributed by atoms with Gasteiger partial charge in [0.15, 0.2) is 0 Å². The van der Waals surface area contributed by atoms with Gasteiger partial charge in [-0.2, -0.15) is 0 Å². The molecule has 116 valence electrons. The van der Waals surface area contributed by atoms with Gasteiger partial charge in [0.05, 0.1) is 12.1 Å². The summed E-state index contributed by atoms with van der Waals surface area (Å²) in [4.78, 5) is 16.2. The van der Waals surface area contributed by atoms with Crippen molar-refractivity contribution in [3.8, 4) is 0 Å². The van der Waals surface area contributed by atoms with Gasteiger partial charge in [-0.3, -0.25) is 4.90 Å². The van der Waals surface area contributed by atoms with Crippen LogP contribution in [0.3, 0.4) is 0 Å². The van der Waals surface area contributed by atoms with Crippen LogP contribution in [0.25, 0.3) is 0 Å². The molecular weight excluding hydrogens is 254 g/mol. The summed E-state index contributed by atoms with van der Waals surface area (Å²) >= 11 is 0. The summed E-state index contributed by atoms with van der Waals surface area (Å²) in [7, 11) is 1.73. The zero-order valence-corrected chi connectivity index (χ0v) is 13.1. The maximum absolute atomic E-state index is 12.1. The predicted molar refractivity (Wildman–Crippen MR) is 79.7 cm³/mol. The zero-order chi connectivity index (χ0) is 14.8. The van der Waals surface area contributed by atoms with Crippen molar-refractivity contribution in [3.05, 3.63) is 0 Å². The van der Waals surface area contributed by atoms with Crippen molar-refractivity contribution >= 4 is 6.03 Å². The highest BCUT2D eigenvalue weighted by molar-refractivity contribution is 5.74. The van der Waals surface area contributed by atoms with Gasteiger partial charge in [-0.1, -0.05) is 12.8 Å². The number of nitrogens with one attached hydrogen (secondary N) is 1. The van der Waals surface area contributed by atoms with E-state index in [4.69, 9.17) is 0 Å². The second-order valence-corrected chi connectivity index (χ2v) is 7.04. The number of urea groups is 1. The summed E-state index contributed by atoms with van der Waals surface area (Å²) in [6.45, 7) is 5.86. The minimum atomic E-state index is -0.850. The Hall–Kier alpha value is -0.810. The molecule has 2 fully saturated rings. The number of likely N-dealkylation sites (N-methyl/N-ethyl adjacent to an activating group) is 1. The Bertz CT molecular complexity index is 335. The number of carbonyl (C=O) groups excluding carboxylic acids is 1. The summed E-state index contributed by atoms with van der Waals surface area (Å²) < 4.78 is 0. The van der Waals surface area contributed by atoms with Gasteiger partial charge in [0.25, 0.3) is 0 Å². The molecular formula is C15H29N3O2. The molecule has 0 aromatic rings. The summed E-state index contributed by atoms with van der Waals surface area (Å²) in [5, 5.41) is 12.8. The number of rotatable bonds is 4. The second-order valence-electron chi connectivity index (χ2n) is 7.04. The number of hydrogen-bond acceptors (Lipinski definition) is 3. The number of hydrogen-bond donors (Lipinski definition) is 2. The number of likely N-dealkylation sites (tertiary alicyclic amines) is 1. The Morgan fingerprint density at radius 2 is 2.00 bits per heavy atom. The summed E-state index contributed by atoms with van der Waals surface area (Å²) in [6.07, 6.45) is 6.39. The van der Waals surface area contributed by atoms with Gasteiger partial charge in [0, 0.05) is 32.2 Å². The van der Waals surface area contributed by atoms with E-state index in [1.165, 1.54) is 25.7 Å². The van der Waals surface area contributed by atoms with E-state index >= 15 is 0 Å². The van der Waals surface area contributed by atoms with E-state index in [9.17, 15) is 9.90 Å². The van der Waals surface area contributed by atoms with Crippen molar-refractivity contribution in [1.29, 1.82) is 0 Å². The molecule has 2 N–H and O–H groups in total. The zero-order valence-electron chi connectivity index (χ0n) is 13.1. The van der Waals surface area contributed by atoms with Gasteiger partial charge in [-0.05, 0) is 33.1 Å². The Balaban J connectivity index is 1.75. The van der Waals surface area contributed by atoms with Crippen LogP contribution in [0.4, 0.5) is 4.79 Å². The van der Waals surface area contributed by atoms with E-state index < -0.39 is 5.60 Å². The minimum Gasteiger partial charge on any atom is -0.389 e. The van der Waals surface area contributed by atoms with Crippen LogP contribution in [0.1, 0.15) is 46.0 Å². The highest BCUT2D eigenvalue weighted by atomic mass is 16.3. The fourth-order valence-corrected chi connectivity index (χ4v) is 3.44. The van der Waals surface area contributed by atoms with Gasteiger partial charge < -0.3 is 15.3 Å². The van der Waals surface area contributed by atoms with Crippen molar-refractivity contribution in [1.82, 2.24) is 15.1 Å². The van der Waals surface area contributed by atoms with Crippen LogP contribution in [-0.2, 0) is 0 Å². The molecule has 5 heteroatoms. The molecule has 1 heterocycles. The molecule has 0 spiro atoms. The first-order chi connectivity index (χ1) is 9.35. The van der Waals surface area contributed by atoms with Gasteiger partial charge in [0.2, 0.25) is 0 Å². The first kappa shape index (κ1) is 15.6. The Labute approximate surface area is 122 Å². The second kappa shape index (κ2) is 6.31. The van der Waals surface area contributed by atoms with Crippen molar-refractivity contribution in [2.75, 3.05) is 26.7 Å². The van der Waals surface area contributed by atoms with E-state index in [0.29, 0.717) is 6.54 Å². The molecule has 0 aromatic heterocycles. The van der Waals surface area contributed by atoms with E-state index in [-0.39, 0.29) is 12.1 Å². The van der Waals surface area contributed by atoms with E-state index in [1.807, 2.05) is 0 Å². The molecule has 20 heavy (non-hydrogen) atoms. The lowest BCUT2D eigenvalue weighted by Crippen LogP contribution is -2.48. The van der Waals surface area contributed by atoms with Gasteiger partial charge >= 0.3 is 6.03 Å². The lowest BCUT2D eigenvalue weighted by molar-refractivity contribution is 0.0528. The predicted octanol–water partition coefficient (Wildman–Crippen LogP) is 1.42. The lowest BCUT2D eigenvalue weighted by atomic mass is 10.1. The molecule has 2 amide bonds. The quantitative estimate of drug-likeness (QED) is 0.820. The molecule has 5 nitrogen and oxygen atoms in total. The van der Waals surface area contributed by atoms with Crippen LogP contribution in [-0.4, -0.2) is 65.3 Å². The molecule has 1 saturated heterocycles. The Morgan fingerprint density at radius 3 is 2.60 bits per heavy atom. The first-order valence-electron chi connectivity index (χ1n) is 7.83. The Morgan fingerprint density at radius 1 is 1.35 bits per heavy atom. The third kappa shape index (κ3) is 4.35. The Kier molecular flexibility index (Phi) is 4.91. The van der Waals surface area contributed by atoms with Gasteiger partial charge in [-0.25, -0.2) is 4.79 Å². The van der Waals surface area contributed by atoms with E-state index in [2.05, 4.69) is 10.2 Å². The molecule has 1 atom stereocenters. The fourth-order valence-electron chi connectivity index (χ4n) is 3.44. The number of amides is 2. The number of nitrogens with zero attached hydrogens (tertiary/aromatic N) is 2. The highest BCUT2D eigenvalue weighted by Crippen LogP contribution is 2.26. The highest BCUT2D eigenvalue weighted by Gasteiger charge is 2.31. The number of carbonyl (C=O) groups is 1. The van der Waals surface area contributed by atoms with Crippen molar-refractivity contribution in [3.63, 3.8) is 0 Å². The summed E-state index contributed by atoms with van der Waals surface area (Å²) in [5.41, 5.74) is -0.850. The largest absolute Gasteiger partial charge is 0.389 e. The van der Waals surface area contributed by atoms with Crippen LogP contribution < -0.4 is 5.32 Å².